The Morgan fingerprint density at radius 3 is 2.85 bits per heavy atom. The molecule has 0 unspecified atom stereocenters. The van der Waals surface area contributed by atoms with Gasteiger partial charge in [-0.3, -0.25) is 4.90 Å². The Morgan fingerprint density at radius 1 is 1.62 bits per heavy atom. The molecule has 1 heterocycles. The van der Waals surface area contributed by atoms with E-state index in [-0.39, 0.29) is 0 Å². The van der Waals surface area contributed by atoms with E-state index in [1.54, 1.807) is 0 Å². The van der Waals surface area contributed by atoms with Crippen molar-refractivity contribution in [3.05, 3.63) is 17.5 Å². The Morgan fingerprint density at radius 2 is 2.38 bits per heavy atom. The molecule has 0 aromatic carbocycles. The van der Waals surface area contributed by atoms with Crippen LogP contribution in [0.1, 0.15) is 18.4 Å². The Bertz CT molecular complexity index is 247. The molecule has 4 heteroatoms. The fourth-order valence-electron chi connectivity index (χ4n) is 1.24. The van der Waals surface area contributed by atoms with Gasteiger partial charge < -0.3 is 10.3 Å². The van der Waals surface area contributed by atoms with Crippen molar-refractivity contribution in [3.63, 3.8) is 0 Å². The van der Waals surface area contributed by atoms with E-state index in [1.165, 1.54) is 0 Å². The summed E-state index contributed by atoms with van der Waals surface area (Å²) in [5.41, 5.74) is 6.41. The fraction of sp³-hybridized carbons (Fsp3) is 0.667. The summed E-state index contributed by atoms with van der Waals surface area (Å²) in [6.45, 7) is 7.40. The summed E-state index contributed by atoms with van der Waals surface area (Å²) in [7, 11) is 0. The van der Waals surface area contributed by atoms with Gasteiger partial charge >= 0.3 is 0 Å². The highest BCUT2D eigenvalue weighted by Gasteiger charge is 2.06. The van der Waals surface area contributed by atoms with Gasteiger partial charge in [-0.1, -0.05) is 12.1 Å². The molecule has 0 atom stereocenters. The third kappa shape index (κ3) is 3.16. The standard InChI is InChI=1S/C9H17N3O/c1-3-12(5-4-10)7-9-6-8(2)11-13-9/h6H,3-5,7,10H2,1-2H3. The quantitative estimate of drug-likeness (QED) is 0.732. The number of nitrogens with two attached hydrogens (primary N) is 1. The van der Waals surface area contributed by atoms with Crippen molar-refractivity contribution in [3.8, 4) is 0 Å². The van der Waals surface area contributed by atoms with E-state index < -0.39 is 0 Å². The van der Waals surface area contributed by atoms with Gasteiger partial charge in [-0.05, 0) is 13.5 Å². The summed E-state index contributed by atoms with van der Waals surface area (Å²) in [6, 6.07) is 1.96. The second kappa shape index (κ2) is 4.99. The van der Waals surface area contributed by atoms with Gasteiger partial charge in [-0.2, -0.15) is 0 Å². The Labute approximate surface area is 78.7 Å². The second-order valence-corrected chi connectivity index (χ2v) is 3.09. The minimum atomic E-state index is 0.682. The summed E-state index contributed by atoms with van der Waals surface area (Å²) >= 11 is 0. The van der Waals surface area contributed by atoms with Crippen LogP contribution in [0.4, 0.5) is 0 Å². The van der Waals surface area contributed by atoms with E-state index in [4.69, 9.17) is 10.3 Å². The van der Waals surface area contributed by atoms with E-state index in [2.05, 4.69) is 17.0 Å². The van der Waals surface area contributed by atoms with E-state index in [0.29, 0.717) is 6.54 Å². The van der Waals surface area contributed by atoms with Crippen molar-refractivity contribution in [1.29, 1.82) is 0 Å². The largest absolute Gasteiger partial charge is 0.360 e. The van der Waals surface area contributed by atoms with Gasteiger partial charge in [0.15, 0.2) is 5.76 Å². The molecule has 0 radical (unpaired) electrons. The first-order valence-electron chi connectivity index (χ1n) is 4.61. The lowest BCUT2D eigenvalue weighted by molar-refractivity contribution is 0.246. The lowest BCUT2D eigenvalue weighted by Crippen LogP contribution is -2.28. The zero-order valence-corrected chi connectivity index (χ0v) is 8.29. The molecule has 0 fully saturated rings. The van der Waals surface area contributed by atoms with Crippen molar-refractivity contribution in [2.24, 2.45) is 5.73 Å². The van der Waals surface area contributed by atoms with E-state index in [9.17, 15) is 0 Å². The maximum absolute atomic E-state index is 5.48. The minimum absolute atomic E-state index is 0.682. The zero-order valence-electron chi connectivity index (χ0n) is 8.29. The third-order valence-corrected chi connectivity index (χ3v) is 1.95. The number of aromatic nitrogens is 1. The number of rotatable bonds is 5. The normalized spacial score (nSPS) is 11.1. The maximum Gasteiger partial charge on any atom is 0.150 e. The monoisotopic (exact) mass is 183 g/mol. The van der Waals surface area contributed by atoms with Gasteiger partial charge in [0.2, 0.25) is 0 Å². The van der Waals surface area contributed by atoms with Crippen LogP contribution in [0.2, 0.25) is 0 Å². The average molecular weight is 183 g/mol. The number of aryl methyl sites for hydroxylation is 1. The second-order valence-electron chi connectivity index (χ2n) is 3.09. The highest BCUT2D eigenvalue weighted by molar-refractivity contribution is 5.02. The summed E-state index contributed by atoms with van der Waals surface area (Å²) in [4.78, 5) is 2.22. The number of likely N-dealkylation sites (N-methyl/N-ethyl adjacent to an activating group) is 1. The molecule has 0 spiro atoms. The van der Waals surface area contributed by atoms with Crippen LogP contribution in [-0.2, 0) is 6.54 Å². The Kier molecular flexibility index (Phi) is 3.92. The molecule has 1 rings (SSSR count). The molecule has 1 aromatic rings. The summed E-state index contributed by atoms with van der Waals surface area (Å²) < 4.78 is 5.11. The molecule has 0 amide bonds. The van der Waals surface area contributed by atoms with Crippen molar-refractivity contribution in [2.45, 2.75) is 20.4 Å². The van der Waals surface area contributed by atoms with Crippen LogP contribution >= 0.6 is 0 Å². The topological polar surface area (TPSA) is 55.3 Å². The lowest BCUT2D eigenvalue weighted by Gasteiger charge is -2.16. The lowest BCUT2D eigenvalue weighted by atomic mass is 10.3. The van der Waals surface area contributed by atoms with Crippen LogP contribution in [0.15, 0.2) is 10.6 Å². The molecule has 1 aromatic heterocycles. The number of hydrogen-bond donors (Lipinski definition) is 1. The molecule has 13 heavy (non-hydrogen) atoms. The Balaban J connectivity index is 2.46. The first-order chi connectivity index (χ1) is 6.26. The molecule has 0 saturated carbocycles. The van der Waals surface area contributed by atoms with Gasteiger partial charge in [0.25, 0.3) is 0 Å². The highest BCUT2D eigenvalue weighted by Crippen LogP contribution is 2.05. The predicted molar refractivity (Wildman–Crippen MR) is 51.2 cm³/mol. The fourth-order valence-corrected chi connectivity index (χ4v) is 1.24. The van der Waals surface area contributed by atoms with Crippen molar-refractivity contribution in [2.75, 3.05) is 19.6 Å². The molecule has 2 N–H and O–H groups in total. The van der Waals surface area contributed by atoms with Crippen LogP contribution in [0.3, 0.4) is 0 Å². The van der Waals surface area contributed by atoms with Crippen LogP contribution < -0.4 is 5.73 Å². The highest BCUT2D eigenvalue weighted by atomic mass is 16.5. The number of hydrogen-bond acceptors (Lipinski definition) is 4. The smallest absolute Gasteiger partial charge is 0.150 e. The van der Waals surface area contributed by atoms with Crippen LogP contribution in [0, 0.1) is 6.92 Å². The van der Waals surface area contributed by atoms with Crippen LogP contribution in [0.25, 0.3) is 0 Å². The SMILES string of the molecule is CCN(CCN)Cc1cc(C)no1. The first-order valence-corrected chi connectivity index (χ1v) is 4.61. The third-order valence-electron chi connectivity index (χ3n) is 1.95. The predicted octanol–water partition coefficient (Wildman–Crippen LogP) is 0.764. The number of nitrogens with zero attached hydrogens (tertiary/aromatic N) is 2. The molecule has 0 aliphatic carbocycles. The van der Waals surface area contributed by atoms with Crippen molar-refractivity contribution in [1.82, 2.24) is 10.1 Å². The molecular weight excluding hydrogens is 166 g/mol. The van der Waals surface area contributed by atoms with Crippen LogP contribution in [-0.4, -0.2) is 29.7 Å². The summed E-state index contributed by atoms with van der Waals surface area (Å²) in [6.07, 6.45) is 0. The van der Waals surface area contributed by atoms with Gasteiger partial charge in [0.05, 0.1) is 12.2 Å². The van der Waals surface area contributed by atoms with Gasteiger partial charge in [-0.25, -0.2) is 0 Å². The zero-order chi connectivity index (χ0) is 9.68. The minimum Gasteiger partial charge on any atom is -0.360 e. The van der Waals surface area contributed by atoms with Gasteiger partial charge in [0, 0.05) is 19.2 Å². The van der Waals surface area contributed by atoms with Gasteiger partial charge in [0.1, 0.15) is 0 Å². The average Bonchev–Trinajstić information content (AvgIpc) is 2.50. The molecular formula is C9H17N3O. The van der Waals surface area contributed by atoms with Crippen molar-refractivity contribution < 1.29 is 4.52 Å². The summed E-state index contributed by atoms with van der Waals surface area (Å²) in [5.74, 6) is 0.910. The molecule has 0 aliphatic heterocycles. The summed E-state index contributed by atoms with van der Waals surface area (Å²) in [5, 5.41) is 3.83. The molecule has 0 bridgehead atoms. The van der Waals surface area contributed by atoms with E-state index >= 15 is 0 Å². The van der Waals surface area contributed by atoms with E-state index in [1.807, 2.05) is 13.0 Å². The molecule has 0 aliphatic rings. The Hall–Kier alpha value is -0.870. The van der Waals surface area contributed by atoms with Crippen molar-refractivity contribution >= 4 is 0 Å². The van der Waals surface area contributed by atoms with Crippen LogP contribution in [0.5, 0.6) is 0 Å². The molecule has 74 valence electrons. The molecule has 0 saturated heterocycles. The first kappa shape index (κ1) is 10.2. The maximum atomic E-state index is 5.48. The van der Waals surface area contributed by atoms with Gasteiger partial charge in [-0.15, -0.1) is 0 Å². The van der Waals surface area contributed by atoms with E-state index in [0.717, 1.165) is 31.1 Å². The molecule has 4 nitrogen and oxygen atoms in total.